The lowest BCUT2D eigenvalue weighted by atomic mass is 10.1. The molecule has 2 amide bonds. The number of aromatic nitrogens is 2. The highest BCUT2D eigenvalue weighted by Crippen LogP contribution is 2.25. The molecule has 0 atom stereocenters. The number of benzene rings is 2. The number of fused-ring (bicyclic) bond motifs is 1. The maximum absolute atomic E-state index is 13.0. The molecule has 6 nitrogen and oxygen atoms in total. The molecule has 4 aromatic rings. The van der Waals surface area contributed by atoms with Crippen LogP contribution in [0.5, 0.6) is 0 Å². The van der Waals surface area contributed by atoms with Crippen molar-refractivity contribution in [2.24, 2.45) is 0 Å². The Morgan fingerprint density at radius 1 is 1.10 bits per heavy atom. The van der Waals surface area contributed by atoms with E-state index in [1.54, 1.807) is 48.1 Å². The van der Waals surface area contributed by atoms with Gasteiger partial charge >= 0.3 is 0 Å². The highest BCUT2D eigenvalue weighted by molar-refractivity contribution is 7.15. The Bertz CT molecular complexity index is 1210. The van der Waals surface area contributed by atoms with Crippen LogP contribution in [0.3, 0.4) is 0 Å². The van der Waals surface area contributed by atoms with Gasteiger partial charge in [-0.1, -0.05) is 24.3 Å². The van der Waals surface area contributed by atoms with Crippen molar-refractivity contribution in [3.8, 4) is 11.3 Å². The molecule has 0 bridgehead atoms. The van der Waals surface area contributed by atoms with Crippen LogP contribution >= 0.6 is 11.3 Å². The van der Waals surface area contributed by atoms with E-state index >= 15 is 0 Å². The third-order valence-corrected chi connectivity index (χ3v) is 5.42. The second-order valence-corrected chi connectivity index (χ2v) is 7.86. The number of carbonyl (C=O) groups excluding carboxylic acids is 2. The monoisotopic (exact) mass is 422 g/mol. The number of imidazole rings is 1. The molecule has 0 fully saturated rings. The van der Waals surface area contributed by atoms with Crippen molar-refractivity contribution in [3.63, 3.8) is 0 Å². The molecule has 4 rings (SSSR count). The van der Waals surface area contributed by atoms with Crippen molar-refractivity contribution in [2.45, 2.75) is 6.42 Å². The molecule has 30 heavy (non-hydrogen) atoms. The first-order valence-electron chi connectivity index (χ1n) is 9.23. The smallest absolute Gasteiger partial charge is 0.271 e. The van der Waals surface area contributed by atoms with Gasteiger partial charge in [0.25, 0.3) is 5.91 Å². The first-order valence-corrected chi connectivity index (χ1v) is 10.1. The van der Waals surface area contributed by atoms with Gasteiger partial charge in [-0.3, -0.25) is 14.0 Å². The predicted molar refractivity (Wildman–Crippen MR) is 115 cm³/mol. The molecule has 0 radical (unpaired) electrons. The van der Waals surface area contributed by atoms with Crippen molar-refractivity contribution in [1.82, 2.24) is 14.3 Å². The molecule has 0 aliphatic carbocycles. The lowest BCUT2D eigenvalue weighted by molar-refractivity contribution is -0.115. The van der Waals surface area contributed by atoms with Crippen molar-refractivity contribution < 1.29 is 14.0 Å². The van der Waals surface area contributed by atoms with Gasteiger partial charge in [-0.15, -0.1) is 11.3 Å². The van der Waals surface area contributed by atoms with Gasteiger partial charge in [-0.25, -0.2) is 9.37 Å². The summed E-state index contributed by atoms with van der Waals surface area (Å²) in [6.07, 6.45) is 2.01. The van der Waals surface area contributed by atoms with E-state index in [1.165, 1.54) is 28.4 Å². The van der Waals surface area contributed by atoms with Gasteiger partial charge in [0.15, 0.2) is 4.96 Å². The van der Waals surface area contributed by atoms with E-state index in [0.717, 1.165) is 21.8 Å². The van der Waals surface area contributed by atoms with E-state index in [2.05, 4.69) is 10.3 Å². The normalized spacial score (nSPS) is 10.9. The van der Waals surface area contributed by atoms with Crippen LogP contribution in [0.15, 0.2) is 60.1 Å². The number of nitrogens with zero attached hydrogens (tertiary/aromatic N) is 3. The van der Waals surface area contributed by atoms with Crippen LogP contribution < -0.4 is 5.32 Å². The summed E-state index contributed by atoms with van der Waals surface area (Å²) in [7, 11) is 3.43. The molecule has 1 N–H and O–H groups in total. The van der Waals surface area contributed by atoms with Crippen LogP contribution in [-0.4, -0.2) is 40.2 Å². The summed E-state index contributed by atoms with van der Waals surface area (Å²) < 4.78 is 14.8. The largest absolute Gasteiger partial charge is 0.343 e. The van der Waals surface area contributed by atoms with Crippen LogP contribution in [-0.2, 0) is 11.2 Å². The first-order chi connectivity index (χ1) is 14.4. The summed E-state index contributed by atoms with van der Waals surface area (Å²) in [6.45, 7) is 0. The number of halogens is 1. The van der Waals surface area contributed by atoms with Gasteiger partial charge in [-0.05, 0) is 29.8 Å². The van der Waals surface area contributed by atoms with Crippen LogP contribution in [0, 0.1) is 5.82 Å². The van der Waals surface area contributed by atoms with Gasteiger partial charge in [-0.2, -0.15) is 0 Å². The standard InChI is InChI=1S/C22H19FN4O2S/c1-26(2)21(29)19-13-30-22-25-18(12-27(19)22)15-5-9-17(10-6-15)24-20(28)11-14-3-7-16(23)8-4-14/h3-10,12-13H,11H2,1-2H3,(H,24,28). The zero-order chi connectivity index (χ0) is 21.3. The first kappa shape index (κ1) is 19.8. The molecular formula is C22H19FN4O2S. The number of anilines is 1. The minimum absolute atomic E-state index is 0.0792. The molecule has 0 saturated carbocycles. The molecule has 152 valence electrons. The molecule has 0 spiro atoms. The van der Waals surface area contributed by atoms with Crippen LogP contribution in [0.1, 0.15) is 16.1 Å². The van der Waals surface area contributed by atoms with E-state index in [0.29, 0.717) is 11.4 Å². The molecule has 2 heterocycles. The zero-order valence-corrected chi connectivity index (χ0v) is 17.2. The fourth-order valence-corrected chi connectivity index (χ4v) is 3.87. The van der Waals surface area contributed by atoms with Crippen LogP contribution in [0.4, 0.5) is 10.1 Å². The number of carbonyl (C=O) groups is 2. The van der Waals surface area contributed by atoms with Gasteiger partial charge in [0.1, 0.15) is 11.5 Å². The Kier molecular flexibility index (Phi) is 5.33. The maximum atomic E-state index is 13.0. The average Bonchev–Trinajstić information content (AvgIpc) is 3.30. The van der Waals surface area contributed by atoms with Crippen molar-refractivity contribution in [1.29, 1.82) is 0 Å². The fraction of sp³-hybridized carbons (Fsp3) is 0.136. The number of hydrogen-bond donors (Lipinski definition) is 1. The molecule has 2 aromatic heterocycles. The third kappa shape index (κ3) is 4.08. The number of amides is 2. The topological polar surface area (TPSA) is 66.7 Å². The maximum Gasteiger partial charge on any atom is 0.271 e. The van der Waals surface area contributed by atoms with Gasteiger partial charge in [0.05, 0.1) is 12.1 Å². The summed E-state index contributed by atoms with van der Waals surface area (Å²) in [5.41, 5.74) is 3.61. The lowest BCUT2D eigenvalue weighted by Crippen LogP contribution is -2.22. The van der Waals surface area contributed by atoms with E-state index in [1.807, 2.05) is 18.3 Å². The van der Waals surface area contributed by atoms with E-state index in [4.69, 9.17) is 0 Å². The lowest BCUT2D eigenvalue weighted by Gasteiger charge is -2.08. The Labute approximate surface area is 176 Å². The molecular weight excluding hydrogens is 403 g/mol. The Morgan fingerprint density at radius 2 is 1.80 bits per heavy atom. The Balaban J connectivity index is 1.47. The van der Waals surface area contributed by atoms with Crippen molar-refractivity contribution >= 4 is 33.8 Å². The summed E-state index contributed by atoms with van der Waals surface area (Å²) in [5, 5.41) is 4.64. The highest BCUT2D eigenvalue weighted by atomic mass is 32.1. The summed E-state index contributed by atoms with van der Waals surface area (Å²) in [6, 6.07) is 13.2. The molecule has 0 saturated heterocycles. The second-order valence-electron chi connectivity index (χ2n) is 7.03. The SMILES string of the molecule is CN(C)C(=O)c1csc2nc(-c3ccc(NC(=O)Cc4ccc(F)cc4)cc3)cn12. The van der Waals surface area contributed by atoms with Crippen LogP contribution in [0.25, 0.3) is 16.2 Å². The number of rotatable bonds is 5. The quantitative estimate of drug-likeness (QED) is 0.527. The van der Waals surface area contributed by atoms with E-state index < -0.39 is 0 Å². The van der Waals surface area contributed by atoms with Gasteiger partial charge in [0.2, 0.25) is 5.91 Å². The number of thiazole rings is 1. The van der Waals surface area contributed by atoms with Gasteiger partial charge < -0.3 is 10.2 Å². The van der Waals surface area contributed by atoms with E-state index in [-0.39, 0.29) is 24.1 Å². The molecule has 0 unspecified atom stereocenters. The highest BCUT2D eigenvalue weighted by Gasteiger charge is 2.16. The number of hydrogen-bond acceptors (Lipinski definition) is 4. The third-order valence-electron chi connectivity index (χ3n) is 4.58. The molecule has 0 aliphatic heterocycles. The molecule has 8 heteroatoms. The zero-order valence-electron chi connectivity index (χ0n) is 16.4. The Morgan fingerprint density at radius 3 is 2.47 bits per heavy atom. The molecule has 2 aromatic carbocycles. The average molecular weight is 422 g/mol. The Hall–Kier alpha value is -3.52. The minimum atomic E-state index is -0.327. The predicted octanol–water partition coefficient (Wildman–Crippen LogP) is 4.08. The van der Waals surface area contributed by atoms with E-state index in [9.17, 15) is 14.0 Å². The fourth-order valence-electron chi connectivity index (χ4n) is 3.02. The second kappa shape index (κ2) is 8.08. The molecule has 0 aliphatic rings. The summed E-state index contributed by atoms with van der Waals surface area (Å²) >= 11 is 1.41. The van der Waals surface area contributed by atoms with Crippen molar-refractivity contribution in [3.05, 3.63) is 77.2 Å². The van der Waals surface area contributed by atoms with Crippen molar-refractivity contribution in [2.75, 3.05) is 19.4 Å². The summed E-state index contributed by atoms with van der Waals surface area (Å²) in [4.78, 5) is 31.4. The number of nitrogens with one attached hydrogen (secondary N) is 1. The minimum Gasteiger partial charge on any atom is -0.343 e. The van der Waals surface area contributed by atoms with Crippen LogP contribution in [0.2, 0.25) is 0 Å². The van der Waals surface area contributed by atoms with Gasteiger partial charge in [0, 0.05) is 36.9 Å². The summed E-state index contributed by atoms with van der Waals surface area (Å²) in [5.74, 6) is -0.583.